The number of nitro benzene ring substituents is 1. The van der Waals surface area contributed by atoms with Gasteiger partial charge in [-0.05, 0) is 26.0 Å². The Balaban J connectivity index is 2.56. The molecule has 1 aliphatic rings. The third-order valence-corrected chi connectivity index (χ3v) is 6.30. The van der Waals surface area contributed by atoms with Crippen LogP contribution in [0, 0.1) is 10.1 Å². The number of hydrogen-bond acceptors (Lipinski definition) is 7. The van der Waals surface area contributed by atoms with Crippen molar-refractivity contribution in [1.82, 2.24) is 4.31 Å². The summed E-state index contributed by atoms with van der Waals surface area (Å²) in [6.45, 7) is 2.83. The molecule has 1 aromatic carbocycles. The SMILES string of the molecule is CC1(C)COCC(CN)(CO)N1S(=O)(=O)c1ccc([N+](=O)[O-])cc1. The molecule has 3 N–H and O–H groups in total. The van der Waals surface area contributed by atoms with Crippen LogP contribution in [0.5, 0.6) is 0 Å². The summed E-state index contributed by atoms with van der Waals surface area (Å²) < 4.78 is 32.9. The summed E-state index contributed by atoms with van der Waals surface area (Å²) in [4.78, 5) is 10.0. The largest absolute Gasteiger partial charge is 0.394 e. The number of benzene rings is 1. The summed E-state index contributed by atoms with van der Waals surface area (Å²) in [6.07, 6.45) is 0. The minimum atomic E-state index is -4.05. The Labute approximate surface area is 140 Å². The molecule has 1 unspecified atom stereocenters. The number of hydrogen-bond donors (Lipinski definition) is 2. The van der Waals surface area contributed by atoms with Gasteiger partial charge in [0.05, 0.1) is 40.7 Å². The number of nitrogens with zero attached hydrogens (tertiary/aromatic N) is 2. The number of nitrogens with two attached hydrogens (primary N) is 1. The molecule has 2 rings (SSSR count). The summed E-state index contributed by atoms with van der Waals surface area (Å²) in [5, 5.41) is 20.6. The molecule has 0 spiro atoms. The highest BCUT2D eigenvalue weighted by atomic mass is 32.2. The van der Waals surface area contributed by atoms with Crippen molar-refractivity contribution < 1.29 is 23.2 Å². The lowest BCUT2D eigenvalue weighted by molar-refractivity contribution is -0.384. The molecule has 134 valence electrons. The van der Waals surface area contributed by atoms with Crippen LogP contribution in [0.3, 0.4) is 0 Å². The highest BCUT2D eigenvalue weighted by Crippen LogP contribution is 2.36. The molecular formula is C14H21N3O6S. The van der Waals surface area contributed by atoms with Gasteiger partial charge >= 0.3 is 0 Å². The van der Waals surface area contributed by atoms with Crippen LogP contribution in [0.1, 0.15) is 13.8 Å². The lowest BCUT2D eigenvalue weighted by atomic mass is 9.93. The average molecular weight is 359 g/mol. The smallest absolute Gasteiger partial charge is 0.269 e. The second-order valence-corrected chi connectivity index (χ2v) is 8.20. The molecule has 1 saturated heterocycles. The maximum absolute atomic E-state index is 13.2. The van der Waals surface area contributed by atoms with Crippen molar-refractivity contribution in [2.75, 3.05) is 26.4 Å². The average Bonchev–Trinajstić information content (AvgIpc) is 2.53. The van der Waals surface area contributed by atoms with Crippen LogP contribution in [0.4, 0.5) is 5.69 Å². The number of morpholine rings is 1. The van der Waals surface area contributed by atoms with Gasteiger partial charge in [0.1, 0.15) is 0 Å². The van der Waals surface area contributed by atoms with E-state index in [1.165, 1.54) is 16.4 Å². The van der Waals surface area contributed by atoms with Gasteiger partial charge in [0.15, 0.2) is 0 Å². The van der Waals surface area contributed by atoms with Crippen LogP contribution in [0.2, 0.25) is 0 Å². The van der Waals surface area contributed by atoms with Crippen molar-refractivity contribution in [3.05, 3.63) is 34.4 Å². The number of aliphatic hydroxyl groups is 1. The summed E-state index contributed by atoms with van der Waals surface area (Å²) in [6, 6.07) is 4.61. The quantitative estimate of drug-likeness (QED) is 0.561. The summed E-state index contributed by atoms with van der Waals surface area (Å²) in [5.74, 6) is 0. The van der Waals surface area contributed by atoms with Crippen LogP contribution in [0.25, 0.3) is 0 Å². The normalized spacial score (nSPS) is 24.7. The van der Waals surface area contributed by atoms with Crippen molar-refractivity contribution in [1.29, 1.82) is 0 Å². The van der Waals surface area contributed by atoms with E-state index in [-0.39, 0.29) is 30.3 Å². The number of ether oxygens (including phenoxy) is 1. The molecule has 1 heterocycles. The van der Waals surface area contributed by atoms with Crippen molar-refractivity contribution >= 4 is 15.7 Å². The Morgan fingerprint density at radius 2 is 1.92 bits per heavy atom. The number of aliphatic hydroxyl groups excluding tert-OH is 1. The molecule has 24 heavy (non-hydrogen) atoms. The van der Waals surface area contributed by atoms with Crippen molar-refractivity contribution in [2.45, 2.75) is 29.8 Å². The van der Waals surface area contributed by atoms with Crippen molar-refractivity contribution in [2.24, 2.45) is 5.73 Å². The lowest BCUT2D eigenvalue weighted by Gasteiger charge is -2.52. The first kappa shape index (κ1) is 18.7. The Morgan fingerprint density at radius 3 is 2.38 bits per heavy atom. The van der Waals surface area contributed by atoms with Gasteiger partial charge in [-0.2, -0.15) is 4.31 Å². The van der Waals surface area contributed by atoms with E-state index in [0.717, 1.165) is 12.1 Å². The fourth-order valence-electron chi connectivity index (χ4n) is 2.99. The molecule has 10 heteroatoms. The second-order valence-electron chi connectivity index (χ2n) is 6.41. The summed E-state index contributed by atoms with van der Waals surface area (Å²) in [5.41, 5.74) is 3.32. The zero-order chi connectivity index (χ0) is 18.2. The van der Waals surface area contributed by atoms with Crippen LogP contribution in [-0.4, -0.2) is 60.2 Å². The molecule has 1 fully saturated rings. The minimum absolute atomic E-state index is 0.0321. The van der Waals surface area contributed by atoms with Crippen molar-refractivity contribution in [3.8, 4) is 0 Å². The predicted molar refractivity (Wildman–Crippen MR) is 85.9 cm³/mol. The maximum atomic E-state index is 13.2. The van der Waals surface area contributed by atoms with Crippen molar-refractivity contribution in [3.63, 3.8) is 0 Å². The van der Waals surface area contributed by atoms with Crippen LogP contribution >= 0.6 is 0 Å². The zero-order valence-electron chi connectivity index (χ0n) is 13.5. The first-order valence-electron chi connectivity index (χ1n) is 7.29. The van der Waals surface area contributed by atoms with E-state index in [1.807, 2.05) is 0 Å². The zero-order valence-corrected chi connectivity index (χ0v) is 14.3. The van der Waals surface area contributed by atoms with Gasteiger partial charge in [0.25, 0.3) is 5.69 Å². The Hall–Kier alpha value is -1.59. The van der Waals surface area contributed by atoms with Crippen LogP contribution < -0.4 is 5.73 Å². The molecule has 9 nitrogen and oxygen atoms in total. The fourth-order valence-corrected chi connectivity index (χ4v) is 5.08. The molecule has 0 amide bonds. The highest BCUT2D eigenvalue weighted by Gasteiger charge is 2.53. The predicted octanol–water partition coefficient (Wildman–Crippen LogP) is 0.0841. The van der Waals surface area contributed by atoms with E-state index in [9.17, 15) is 23.6 Å². The van der Waals surface area contributed by atoms with Gasteiger partial charge in [-0.25, -0.2) is 8.42 Å². The van der Waals surface area contributed by atoms with Gasteiger partial charge in [-0.1, -0.05) is 0 Å². The third-order valence-electron chi connectivity index (χ3n) is 4.07. The van der Waals surface area contributed by atoms with Gasteiger partial charge in [0.2, 0.25) is 10.0 Å². The second kappa shape index (κ2) is 6.37. The molecule has 0 radical (unpaired) electrons. The third kappa shape index (κ3) is 3.03. The molecule has 0 saturated carbocycles. The molecular weight excluding hydrogens is 338 g/mol. The maximum Gasteiger partial charge on any atom is 0.269 e. The summed E-state index contributed by atoms with van der Waals surface area (Å²) >= 11 is 0. The number of sulfonamides is 1. The molecule has 1 aromatic rings. The number of rotatable bonds is 5. The standard InChI is InChI=1S/C14H21N3O6S/c1-13(2)9-23-10-14(7-15,8-18)17(13)24(21,22)12-5-3-11(4-6-12)16(19)20/h3-6,18H,7-10,15H2,1-2H3. The monoisotopic (exact) mass is 359 g/mol. The van der Waals surface area contributed by atoms with Gasteiger partial charge in [0, 0.05) is 18.7 Å². The van der Waals surface area contributed by atoms with Crippen LogP contribution in [-0.2, 0) is 14.8 Å². The highest BCUT2D eigenvalue weighted by molar-refractivity contribution is 7.89. The van der Waals surface area contributed by atoms with E-state index in [1.54, 1.807) is 13.8 Å². The molecule has 1 aliphatic heterocycles. The van der Waals surface area contributed by atoms with E-state index >= 15 is 0 Å². The molecule has 0 aromatic heterocycles. The summed E-state index contributed by atoms with van der Waals surface area (Å²) in [7, 11) is -4.05. The Bertz CT molecular complexity index is 713. The first-order chi connectivity index (χ1) is 11.1. The molecule has 0 bridgehead atoms. The van der Waals surface area contributed by atoms with E-state index in [4.69, 9.17) is 10.5 Å². The van der Waals surface area contributed by atoms with E-state index in [2.05, 4.69) is 0 Å². The number of non-ortho nitro benzene ring substituents is 1. The van der Waals surface area contributed by atoms with Crippen LogP contribution in [0.15, 0.2) is 29.2 Å². The fraction of sp³-hybridized carbons (Fsp3) is 0.571. The van der Waals surface area contributed by atoms with Gasteiger partial charge in [-0.3, -0.25) is 10.1 Å². The number of nitro groups is 1. The topological polar surface area (TPSA) is 136 Å². The van der Waals surface area contributed by atoms with Gasteiger partial charge in [-0.15, -0.1) is 0 Å². The Morgan fingerprint density at radius 1 is 1.33 bits per heavy atom. The Kier molecular flexibility index (Phi) is 4.98. The molecule has 1 atom stereocenters. The first-order valence-corrected chi connectivity index (χ1v) is 8.73. The molecule has 0 aliphatic carbocycles. The van der Waals surface area contributed by atoms with E-state index in [0.29, 0.717) is 0 Å². The van der Waals surface area contributed by atoms with E-state index < -0.39 is 32.6 Å². The lowest BCUT2D eigenvalue weighted by Crippen LogP contribution is -2.71. The minimum Gasteiger partial charge on any atom is -0.394 e. The van der Waals surface area contributed by atoms with Gasteiger partial charge < -0.3 is 15.6 Å².